The van der Waals surface area contributed by atoms with Gasteiger partial charge in [-0.25, -0.2) is 14.2 Å². The van der Waals surface area contributed by atoms with E-state index in [0.717, 1.165) is 9.13 Å². The van der Waals surface area contributed by atoms with Gasteiger partial charge in [-0.3, -0.25) is 18.9 Å². The Labute approximate surface area is 129 Å². The first-order chi connectivity index (χ1) is 10.8. The minimum Gasteiger partial charge on any atom is -0.351 e. The summed E-state index contributed by atoms with van der Waals surface area (Å²) in [5.74, 6) is 0.0172. The molecule has 0 fully saturated rings. The number of carbonyl (C=O) groups excluding carboxylic acids is 1. The molecule has 2 rings (SSSR count). The number of rotatable bonds is 6. The molecule has 2 aromatic rings. The van der Waals surface area contributed by atoms with E-state index < -0.39 is 23.4 Å². The highest BCUT2D eigenvalue weighted by molar-refractivity contribution is 5.75. The van der Waals surface area contributed by atoms with E-state index in [2.05, 4.69) is 4.98 Å². The van der Waals surface area contributed by atoms with Crippen molar-refractivity contribution in [1.82, 2.24) is 18.7 Å². The predicted octanol–water partition coefficient (Wildman–Crippen LogP) is -1.61. The highest BCUT2D eigenvalue weighted by Crippen LogP contribution is 2.06. The molecule has 0 amide bonds. The zero-order chi connectivity index (χ0) is 17.3. The van der Waals surface area contributed by atoms with Crippen LogP contribution in [-0.4, -0.2) is 34.7 Å². The number of carbonyl (C=O) groups is 1. The highest BCUT2D eigenvalue weighted by Gasteiger charge is 2.20. The van der Waals surface area contributed by atoms with Crippen molar-refractivity contribution in [2.75, 3.05) is 0 Å². The molecule has 0 spiro atoms. The van der Waals surface area contributed by atoms with Crippen LogP contribution in [-0.2, 0) is 18.4 Å². The number of nitrogens with one attached hydrogen (secondary N) is 1. The van der Waals surface area contributed by atoms with Crippen LogP contribution in [0.15, 0.2) is 14.4 Å². The smallest absolute Gasteiger partial charge is 0.332 e. The van der Waals surface area contributed by atoms with Crippen molar-refractivity contribution in [3.05, 3.63) is 31.3 Å². The van der Waals surface area contributed by atoms with Crippen LogP contribution in [0.2, 0.25) is 0 Å². The Hall–Kier alpha value is -2.46. The molecular formula is C13H18N4O6. The molecule has 0 unspecified atom stereocenters. The second-order valence-corrected chi connectivity index (χ2v) is 5.30. The van der Waals surface area contributed by atoms with Gasteiger partial charge in [0.15, 0.2) is 5.52 Å². The van der Waals surface area contributed by atoms with E-state index in [4.69, 9.17) is 0 Å². The maximum absolute atomic E-state index is 12.4. The van der Waals surface area contributed by atoms with Gasteiger partial charge >= 0.3 is 11.4 Å². The molecule has 10 heteroatoms. The standard InChI is InChI=1S/C13H18N4O6/c1-7(18)5-3-4-6-16-10(19)8-9(15(2)12(16)21)14-11(20)17(8)13(22)23/h13,22-23H,3-6H2,1-2H3,(H,14,20). The number of unbranched alkanes of at least 4 members (excludes halogenated alkanes) is 1. The molecule has 0 aliphatic rings. The second kappa shape index (κ2) is 6.34. The SMILES string of the molecule is CC(=O)CCCCn1c(=O)c2c([nH]c(=O)n2C(O)O)n(C)c1=O. The zero-order valence-electron chi connectivity index (χ0n) is 12.8. The molecule has 0 saturated heterocycles. The average Bonchev–Trinajstić information content (AvgIpc) is 2.81. The number of H-pyrrole nitrogens is 1. The van der Waals surface area contributed by atoms with Gasteiger partial charge in [0, 0.05) is 20.0 Å². The van der Waals surface area contributed by atoms with E-state index in [9.17, 15) is 29.4 Å². The first kappa shape index (κ1) is 16.9. The summed E-state index contributed by atoms with van der Waals surface area (Å²) in [6.45, 7) is 1.52. The van der Waals surface area contributed by atoms with Gasteiger partial charge < -0.3 is 15.0 Å². The number of Topliss-reactive ketones (excluding diaryl/α,β-unsaturated/α-hetero) is 1. The summed E-state index contributed by atoms with van der Waals surface area (Å²) < 4.78 is 2.44. The lowest BCUT2D eigenvalue weighted by Gasteiger charge is -2.10. The van der Waals surface area contributed by atoms with Crippen LogP contribution in [0, 0.1) is 0 Å². The quantitative estimate of drug-likeness (QED) is 0.431. The number of nitrogens with zero attached hydrogens (tertiary/aromatic N) is 3. The molecule has 0 saturated carbocycles. The number of aromatic amines is 1. The van der Waals surface area contributed by atoms with Crippen LogP contribution >= 0.6 is 0 Å². The number of ketones is 1. The van der Waals surface area contributed by atoms with E-state index >= 15 is 0 Å². The summed E-state index contributed by atoms with van der Waals surface area (Å²) in [5.41, 5.74) is -2.71. The number of aliphatic hydroxyl groups is 2. The van der Waals surface area contributed by atoms with Gasteiger partial charge in [0.2, 0.25) is 6.41 Å². The molecule has 2 aromatic heterocycles. The number of aliphatic hydroxyl groups excluding tert-OH is 1. The Morgan fingerprint density at radius 2 is 1.87 bits per heavy atom. The molecule has 0 aliphatic carbocycles. The average molecular weight is 326 g/mol. The van der Waals surface area contributed by atoms with Crippen molar-refractivity contribution in [2.24, 2.45) is 7.05 Å². The largest absolute Gasteiger partial charge is 0.351 e. The fourth-order valence-corrected chi connectivity index (χ4v) is 2.44. The maximum Gasteiger partial charge on any atom is 0.332 e. The van der Waals surface area contributed by atoms with Crippen LogP contribution in [0.1, 0.15) is 32.6 Å². The van der Waals surface area contributed by atoms with E-state index in [0.29, 0.717) is 23.8 Å². The molecule has 3 N–H and O–H groups in total. The predicted molar refractivity (Wildman–Crippen MR) is 80.1 cm³/mol. The number of imidazole rings is 1. The van der Waals surface area contributed by atoms with Crippen LogP contribution < -0.4 is 16.9 Å². The lowest BCUT2D eigenvalue weighted by atomic mass is 10.2. The molecule has 126 valence electrons. The molecule has 0 bridgehead atoms. The lowest BCUT2D eigenvalue weighted by Crippen LogP contribution is -2.40. The monoisotopic (exact) mass is 326 g/mol. The van der Waals surface area contributed by atoms with Crippen molar-refractivity contribution in [3.8, 4) is 0 Å². The number of hydrogen-bond donors (Lipinski definition) is 3. The molecule has 0 aliphatic heterocycles. The third kappa shape index (κ3) is 3.03. The summed E-state index contributed by atoms with van der Waals surface area (Å²) in [6, 6.07) is 0. The maximum atomic E-state index is 12.4. The minimum absolute atomic E-state index is 0.0172. The molecule has 2 heterocycles. The van der Waals surface area contributed by atoms with Crippen molar-refractivity contribution in [3.63, 3.8) is 0 Å². The van der Waals surface area contributed by atoms with Gasteiger partial charge in [-0.15, -0.1) is 0 Å². The third-order valence-electron chi connectivity index (χ3n) is 3.60. The number of hydrogen-bond acceptors (Lipinski definition) is 6. The Bertz CT molecular complexity index is 913. The van der Waals surface area contributed by atoms with Gasteiger partial charge in [0.1, 0.15) is 11.4 Å². The molecule has 0 atom stereocenters. The fraction of sp³-hybridized carbons (Fsp3) is 0.538. The van der Waals surface area contributed by atoms with Crippen LogP contribution in [0.4, 0.5) is 0 Å². The first-order valence-electron chi connectivity index (χ1n) is 7.05. The van der Waals surface area contributed by atoms with Crippen LogP contribution in [0.3, 0.4) is 0 Å². The number of fused-ring (bicyclic) bond motifs is 1. The zero-order valence-corrected chi connectivity index (χ0v) is 12.8. The van der Waals surface area contributed by atoms with Gasteiger partial charge in [0.25, 0.3) is 5.56 Å². The van der Waals surface area contributed by atoms with Crippen molar-refractivity contribution in [1.29, 1.82) is 0 Å². The number of aryl methyl sites for hydroxylation is 1. The lowest BCUT2D eigenvalue weighted by molar-refractivity contribution is -0.117. The van der Waals surface area contributed by atoms with Gasteiger partial charge in [-0.1, -0.05) is 0 Å². The van der Waals surface area contributed by atoms with Crippen molar-refractivity contribution in [2.45, 2.75) is 39.1 Å². The Morgan fingerprint density at radius 1 is 1.22 bits per heavy atom. The van der Waals surface area contributed by atoms with Gasteiger partial charge in [-0.05, 0) is 19.8 Å². The Kier molecular flexibility index (Phi) is 4.66. The molecular weight excluding hydrogens is 308 g/mol. The van der Waals surface area contributed by atoms with E-state index in [1.807, 2.05) is 0 Å². The number of aromatic nitrogens is 4. The van der Waals surface area contributed by atoms with E-state index in [1.165, 1.54) is 14.0 Å². The Morgan fingerprint density at radius 3 is 2.43 bits per heavy atom. The fourth-order valence-electron chi connectivity index (χ4n) is 2.44. The summed E-state index contributed by atoms with van der Waals surface area (Å²) in [7, 11) is 1.36. The summed E-state index contributed by atoms with van der Waals surface area (Å²) >= 11 is 0. The first-order valence-corrected chi connectivity index (χ1v) is 7.05. The third-order valence-corrected chi connectivity index (χ3v) is 3.60. The highest BCUT2D eigenvalue weighted by atomic mass is 16.5. The van der Waals surface area contributed by atoms with E-state index in [-0.39, 0.29) is 23.5 Å². The molecule has 0 radical (unpaired) electrons. The normalized spacial score (nSPS) is 11.5. The van der Waals surface area contributed by atoms with Gasteiger partial charge in [0.05, 0.1) is 0 Å². The Balaban J connectivity index is 2.56. The summed E-state index contributed by atoms with van der Waals surface area (Å²) in [4.78, 5) is 49.6. The van der Waals surface area contributed by atoms with E-state index in [1.54, 1.807) is 0 Å². The van der Waals surface area contributed by atoms with Crippen LogP contribution in [0.5, 0.6) is 0 Å². The van der Waals surface area contributed by atoms with Gasteiger partial charge in [-0.2, -0.15) is 0 Å². The topological polar surface area (TPSA) is 139 Å². The van der Waals surface area contributed by atoms with Crippen molar-refractivity contribution >= 4 is 16.9 Å². The molecule has 23 heavy (non-hydrogen) atoms. The van der Waals surface area contributed by atoms with Crippen LogP contribution in [0.25, 0.3) is 11.2 Å². The van der Waals surface area contributed by atoms with Crippen molar-refractivity contribution < 1.29 is 15.0 Å². The second-order valence-electron chi connectivity index (χ2n) is 5.30. The molecule has 10 nitrogen and oxygen atoms in total. The summed E-state index contributed by atoms with van der Waals surface area (Å²) in [5, 5.41) is 18.5. The minimum atomic E-state index is -2.20. The summed E-state index contributed by atoms with van der Waals surface area (Å²) in [6.07, 6.45) is -0.906. The molecule has 0 aromatic carbocycles.